The average Bonchev–Trinajstić information content (AvgIpc) is 2.77. The lowest BCUT2D eigenvalue weighted by molar-refractivity contribution is -0.125. The molecule has 0 radical (unpaired) electrons. The van der Waals surface area contributed by atoms with E-state index < -0.39 is 15.9 Å². The van der Waals surface area contributed by atoms with Gasteiger partial charge in [0.1, 0.15) is 5.82 Å². The van der Waals surface area contributed by atoms with Gasteiger partial charge in [-0.05, 0) is 42.7 Å². The van der Waals surface area contributed by atoms with Crippen LogP contribution in [0.4, 0.5) is 4.39 Å². The SMILES string of the molecule is O=C(NCCSCc1c(F)cccc1Cl)[C@@H]1CCCN(S(=O)(=O)Cc2ccc(Cl)c(Cl)c2)C1. The number of thioether (sulfide) groups is 1. The van der Waals surface area contributed by atoms with E-state index in [1.165, 1.54) is 22.1 Å². The third-order valence-corrected chi connectivity index (χ3v) is 9.23. The van der Waals surface area contributed by atoms with Crippen LogP contribution in [0.3, 0.4) is 0 Å². The zero-order valence-electron chi connectivity index (χ0n) is 17.7. The van der Waals surface area contributed by atoms with Gasteiger partial charge in [0.15, 0.2) is 0 Å². The van der Waals surface area contributed by atoms with Crippen molar-refractivity contribution in [3.8, 4) is 0 Å². The molecule has 2 aromatic rings. The zero-order chi connectivity index (χ0) is 24.0. The molecule has 1 heterocycles. The summed E-state index contributed by atoms with van der Waals surface area (Å²) in [6.45, 7) is 0.933. The first-order valence-electron chi connectivity index (χ1n) is 10.4. The molecule has 2 aromatic carbocycles. The van der Waals surface area contributed by atoms with Gasteiger partial charge in [0.05, 0.1) is 21.7 Å². The maximum atomic E-state index is 13.8. The minimum Gasteiger partial charge on any atom is -0.355 e. The molecule has 1 N–H and O–H groups in total. The third kappa shape index (κ3) is 7.47. The van der Waals surface area contributed by atoms with Crippen molar-refractivity contribution in [2.24, 2.45) is 5.92 Å². The van der Waals surface area contributed by atoms with Crippen LogP contribution in [0.15, 0.2) is 36.4 Å². The quantitative estimate of drug-likeness (QED) is 0.424. The first kappa shape index (κ1) is 26.6. The molecule has 1 amide bonds. The van der Waals surface area contributed by atoms with E-state index in [9.17, 15) is 17.6 Å². The van der Waals surface area contributed by atoms with Gasteiger partial charge in [-0.2, -0.15) is 11.8 Å². The number of nitrogens with zero attached hydrogens (tertiary/aromatic N) is 1. The number of benzene rings is 2. The van der Waals surface area contributed by atoms with Crippen LogP contribution >= 0.6 is 46.6 Å². The van der Waals surface area contributed by atoms with Gasteiger partial charge in [-0.1, -0.05) is 46.9 Å². The van der Waals surface area contributed by atoms with Crippen LogP contribution in [0.2, 0.25) is 15.1 Å². The maximum Gasteiger partial charge on any atom is 0.224 e. The summed E-state index contributed by atoms with van der Waals surface area (Å²) in [7, 11) is -3.60. The van der Waals surface area contributed by atoms with E-state index in [-0.39, 0.29) is 24.0 Å². The molecule has 0 aliphatic carbocycles. The van der Waals surface area contributed by atoms with E-state index in [1.54, 1.807) is 30.3 Å². The standard InChI is InChI=1S/C22H24Cl3FN2O3S2/c23-18-4-1-5-21(26)17(18)13-32-10-8-27-22(29)16-3-2-9-28(12-16)33(30,31)14-15-6-7-19(24)20(25)11-15/h1,4-7,11,16H,2-3,8-10,12-14H2,(H,27,29)/t16-/m1/s1. The second kappa shape index (κ2) is 12.1. The van der Waals surface area contributed by atoms with Gasteiger partial charge in [0, 0.05) is 41.7 Å². The zero-order valence-corrected chi connectivity index (χ0v) is 21.6. The predicted octanol–water partition coefficient (Wildman–Crippen LogP) is 5.38. The monoisotopic (exact) mass is 552 g/mol. The number of hydrogen-bond acceptors (Lipinski definition) is 4. The second-order valence-electron chi connectivity index (χ2n) is 7.75. The van der Waals surface area contributed by atoms with E-state index in [4.69, 9.17) is 34.8 Å². The molecule has 1 atom stereocenters. The Balaban J connectivity index is 1.47. The van der Waals surface area contributed by atoms with Crippen LogP contribution in [0.25, 0.3) is 0 Å². The number of amides is 1. The highest BCUT2D eigenvalue weighted by atomic mass is 35.5. The lowest BCUT2D eigenvalue weighted by Crippen LogP contribution is -2.46. The van der Waals surface area contributed by atoms with E-state index >= 15 is 0 Å². The van der Waals surface area contributed by atoms with Gasteiger partial charge >= 0.3 is 0 Å². The fraction of sp³-hybridized carbons (Fsp3) is 0.409. The number of carbonyl (C=O) groups is 1. The molecule has 1 fully saturated rings. The highest BCUT2D eigenvalue weighted by Gasteiger charge is 2.32. The summed E-state index contributed by atoms with van der Waals surface area (Å²) in [6, 6.07) is 9.32. The Morgan fingerprint density at radius 1 is 1.15 bits per heavy atom. The summed E-state index contributed by atoms with van der Waals surface area (Å²) in [5, 5.41) is 3.91. The molecule has 0 spiro atoms. The van der Waals surface area contributed by atoms with Crippen molar-refractivity contribution in [1.29, 1.82) is 0 Å². The van der Waals surface area contributed by atoms with Gasteiger partial charge in [0.2, 0.25) is 15.9 Å². The smallest absolute Gasteiger partial charge is 0.224 e. The second-order valence-corrected chi connectivity index (χ2v) is 12.0. The molecule has 0 aromatic heterocycles. The number of rotatable bonds is 9. The fourth-order valence-corrected chi connectivity index (χ4v) is 6.69. The largest absolute Gasteiger partial charge is 0.355 e. The van der Waals surface area contributed by atoms with Crippen molar-refractivity contribution in [2.75, 3.05) is 25.4 Å². The molecular weight excluding hydrogens is 530 g/mol. The van der Waals surface area contributed by atoms with Gasteiger partial charge in [-0.15, -0.1) is 0 Å². The molecule has 1 aliphatic heterocycles. The Labute approximate surface area is 213 Å². The number of sulfonamides is 1. The lowest BCUT2D eigenvalue weighted by Gasteiger charge is -2.31. The Bertz CT molecular complexity index is 1080. The van der Waals surface area contributed by atoms with E-state index in [2.05, 4.69) is 5.32 Å². The summed E-state index contributed by atoms with van der Waals surface area (Å²) in [5.41, 5.74) is 0.994. The van der Waals surface area contributed by atoms with Crippen molar-refractivity contribution in [2.45, 2.75) is 24.3 Å². The lowest BCUT2D eigenvalue weighted by atomic mass is 9.99. The Kier molecular flexibility index (Phi) is 9.73. The number of piperidine rings is 1. The average molecular weight is 554 g/mol. The summed E-state index contributed by atoms with van der Waals surface area (Å²) in [6.07, 6.45) is 1.24. The molecule has 33 heavy (non-hydrogen) atoms. The van der Waals surface area contributed by atoms with Gasteiger partial charge < -0.3 is 5.32 Å². The van der Waals surface area contributed by atoms with Gasteiger partial charge in [-0.3, -0.25) is 4.79 Å². The van der Waals surface area contributed by atoms with Crippen molar-refractivity contribution < 1.29 is 17.6 Å². The minimum absolute atomic E-state index is 0.146. The Morgan fingerprint density at radius 3 is 2.67 bits per heavy atom. The Hall–Kier alpha value is -1.03. The first-order valence-corrected chi connectivity index (χ1v) is 14.3. The van der Waals surface area contributed by atoms with E-state index in [1.807, 2.05) is 0 Å². The summed E-state index contributed by atoms with van der Waals surface area (Å²) in [4.78, 5) is 12.6. The molecular formula is C22H24Cl3FN2O3S2. The highest BCUT2D eigenvalue weighted by molar-refractivity contribution is 7.98. The van der Waals surface area contributed by atoms with Crippen molar-refractivity contribution in [1.82, 2.24) is 9.62 Å². The molecule has 0 bridgehead atoms. The van der Waals surface area contributed by atoms with E-state index in [0.717, 1.165) is 0 Å². The van der Waals surface area contributed by atoms with Crippen LogP contribution in [-0.4, -0.2) is 44.0 Å². The molecule has 11 heteroatoms. The molecule has 0 unspecified atom stereocenters. The van der Waals surface area contributed by atoms with Crippen LogP contribution < -0.4 is 5.32 Å². The molecule has 3 rings (SSSR count). The van der Waals surface area contributed by atoms with E-state index in [0.29, 0.717) is 63.6 Å². The predicted molar refractivity (Wildman–Crippen MR) is 134 cm³/mol. The Morgan fingerprint density at radius 2 is 1.94 bits per heavy atom. The third-order valence-electron chi connectivity index (χ3n) is 5.34. The topological polar surface area (TPSA) is 66.5 Å². The molecule has 1 aliphatic rings. The molecule has 5 nitrogen and oxygen atoms in total. The number of halogens is 4. The van der Waals surface area contributed by atoms with Crippen molar-refractivity contribution >= 4 is 62.5 Å². The normalized spacial score (nSPS) is 17.2. The van der Waals surface area contributed by atoms with Crippen LogP contribution in [0.1, 0.15) is 24.0 Å². The number of nitrogens with one attached hydrogen (secondary N) is 1. The highest BCUT2D eigenvalue weighted by Crippen LogP contribution is 2.26. The molecule has 1 saturated heterocycles. The fourth-order valence-electron chi connectivity index (χ4n) is 3.58. The van der Waals surface area contributed by atoms with Gasteiger partial charge in [-0.25, -0.2) is 17.1 Å². The van der Waals surface area contributed by atoms with Crippen LogP contribution in [0, 0.1) is 11.7 Å². The number of carbonyl (C=O) groups excluding carboxylic acids is 1. The molecule has 180 valence electrons. The minimum atomic E-state index is -3.60. The first-order chi connectivity index (χ1) is 15.7. The number of hydrogen-bond donors (Lipinski definition) is 1. The summed E-state index contributed by atoms with van der Waals surface area (Å²) < 4.78 is 40.9. The van der Waals surface area contributed by atoms with Gasteiger partial charge in [0.25, 0.3) is 0 Å². The van der Waals surface area contributed by atoms with Crippen LogP contribution in [-0.2, 0) is 26.3 Å². The van der Waals surface area contributed by atoms with Crippen molar-refractivity contribution in [3.05, 3.63) is 68.4 Å². The van der Waals surface area contributed by atoms with Crippen LogP contribution in [0.5, 0.6) is 0 Å². The van der Waals surface area contributed by atoms with Crippen molar-refractivity contribution in [3.63, 3.8) is 0 Å². The molecule has 0 saturated carbocycles. The summed E-state index contributed by atoms with van der Waals surface area (Å²) >= 11 is 19.4. The summed E-state index contributed by atoms with van der Waals surface area (Å²) in [5.74, 6) is -0.132. The maximum absolute atomic E-state index is 13.8.